The number of aromatic hydroxyl groups is 1. The summed E-state index contributed by atoms with van der Waals surface area (Å²) in [6.45, 7) is 4.10. The fourth-order valence-electron chi connectivity index (χ4n) is 2.73. The molecule has 1 rings (SSSR count). The number of aryl methyl sites for hydroxylation is 1. The second-order valence-electron chi connectivity index (χ2n) is 6.10. The quantitative estimate of drug-likeness (QED) is 0.235. The predicted octanol–water partition coefficient (Wildman–Crippen LogP) is 5.80. The van der Waals surface area contributed by atoms with E-state index in [1.165, 1.54) is 44.9 Å². The van der Waals surface area contributed by atoms with Crippen molar-refractivity contribution in [2.45, 2.75) is 78.1 Å². The Hall–Kier alpha value is -1.51. The molecule has 2 N–H and O–H groups in total. The van der Waals surface area contributed by atoms with E-state index in [9.17, 15) is 10.3 Å². The lowest BCUT2D eigenvalue weighted by Crippen LogP contribution is -2.02. The Morgan fingerprint density at radius 3 is 2.14 bits per heavy atom. The highest BCUT2D eigenvalue weighted by atomic mass is 16.4. The van der Waals surface area contributed by atoms with Crippen LogP contribution in [0.15, 0.2) is 23.4 Å². The van der Waals surface area contributed by atoms with E-state index in [2.05, 4.69) is 12.1 Å². The number of nitrogens with zero attached hydrogens (tertiary/aromatic N) is 1. The fraction of sp³-hybridized carbons (Fsp3) is 0.632. The highest BCUT2D eigenvalue weighted by molar-refractivity contribution is 6.02. The van der Waals surface area contributed by atoms with Gasteiger partial charge in [-0.1, -0.05) is 75.6 Å². The van der Waals surface area contributed by atoms with E-state index in [0.29, 0.717) is 17.7 Å². The van der Waals surface area contributed by atoms with E-state index < -0.39 is 0 Å². The molecule has 0 unspecified atom stereocenters. The maximum atomic E-state index is 10.1. The Balaban J connectivity index is 2.24. The normalized spacial score (nSPS) is 11.8. The number of benzene rings is 1. The van der Waals surface area contributed by atoms with Crippen LogP contribution >= 0.6 is 0 Å². The summed E-state index contributed by atoms with van der Waals surface area (Å²) in [6.07, 6.45) is 12.1. The van der Waals surface area contributed by atoms with Gasteiger partial charge in [0.05, 0.1) is 5.71 Å². The van der Waals surface area contributed by atoms with E-state index in [0.717, 1.165) is 18.4 Å². The van der Waals surface area contributed by atoms with E-state index in [-0.39, 0.29) is 5.75 Å². The van der Waals surface area contributed by atoms with Gasteiger partial charge in [-0.3, -0.25) is 0 Å². The van der Waals surface area contributed by atoms with Crippen LogP contribution in [0.3, 0.4) is 0 Å². The van der Waals surface area contributed by atoms with Crippen LogP contribution in [0.1, 0.15) is 82.3 Å². The van der Waals surface area contributed by atoms with Crippen molar-refractivity contribution in [3.8, 4) is 5.75 Å². The van der Waals surface area contributed by atoms with Crippen LogP contribution < -0.4 is 0 Å². The SMILES string of the molecule is CCCCCCCCCCC/C(=N/O)c1cccc(C)c1O. The summed E-state index contributed by atoms with van der Waals surface area (Å²) in [5, 5.41) is 22.6. The molecule has 0 spiro atoms. The number of phenolic OH excluding ortho intramolecular Hbond substituents is 1. The Morgan fingerprint density at radius 2 is 1.55 bits per heavy atom. The van der Waals surface area contributed by atoms with Crippen LogP contribution in [-0.4, -0.2) is 16.0 Å². The van der Waals surface area contributed by atoms with Gasteiger partial charge in [-0.15, -0.1) is 0 Å². The number of oxime groups is 1. The second-order valence-corrected chi connectivity index (χ2v) is 6.10. The van der Waals surface area contributed by atoms with Gasteiger partial charge in [-0.05, 0) is 31.4 Å². The number of para-hydroxylation sites is 1. The lowest BCUT2D eigenvalue weighted by Gasteiger charge is -2.09. The van der Waals surface area contributed by atoms with Crippen molar-refractivity contribution < 1.29 is 10.3 Å². The number of unbranched alkanes of at least 4 members (excludes halogenated alkanes) is 8. The number of phenols is 1. The first kappa shape index (κ1) is 18.5. The van der Waals surface area contributed by atoms with Crippen LogP contribution in [0.4, 0.5) is 0 Å². The summed E-state index contributed by atoms with van der Waals surface area (Å²) in [5.41, 5.74) is 2.05. The second kappa shape index (κ2) is 11.1. The highest BCUT2D eigenvalue weighted by Crippen LogP contribution is 2.24. The van der Waals surface area contributed by atoms with Gasteiger partial charge in [-0.25, -0.2) is 0 Å². The first-order valence-electron chi connectivity index (χ1n) is 8.70. The van der Waals surface area contributed by atoms with Crippen LogP contribution in [0.25, 0.3) is 0 Å². The van der Waals surface area contributed by atoms with E-state index in [1.807, 2.05) is 25.1 Å². The lowest BCUT2D eigenvalue weighted by molar-refractivity contribution is 0.317. The monoisotopic (exact) mass is 305 g/mol. The van der Waals surface area contributed by atoms with Crippen LogP contribution in [0.5, 0.6) is 5.75 Å². The Labute approximate surface area is 135 Å². The largest absolute Gasteiger partial charge is 0.507 e. The predicted molar refractivity (Wildman–Crippen MR) is 93.0 cm³/mol. The Kier molecular flexibility index (Phi) is 9.36. The van der Waals surface area contributed by atoms with Crippen molar-refractivity contribution in [3.05, 3.63) is 29.3 Å². The third kappa shape index (κ3) is 6.50. The summed E-state index contributed by atoms with van der Waals surface area (Å²) >= 11 is 0. The van der Waals surface area contributed by atoms with Gasteiger partial charge < -0.3 is 10.3 Å². The van der Waals surface area contributed by atoms with Gasteiger partial charge in [0.2, 0.25) is 0 Å². The smallest absolute Gasteiger partial charge is 0.127 e. The fourth-order valence-corrected chi connectivity index (χ4v) is 2.73. The molecule has 3 heteroatoms. The van der Waals surface area contributed by atoms with Crippen molar-refractivity contribution >= 4 is 5.71 Å². The number of rotatable bonds is 11. The molecule has 0 bridgehead atoms. The molecule has 3 nitrogen and oxygen atoms in total. The minimum Gasteiger partial charge on any atom is -0.507 e. The Bertz CT molecular complexity index is 455. The Morgan fingerprint density at radius 1 is 0.955 bits per heavy atom. The van der Waals surface area contributed by atoms with E-state index in [1.54, 1.807) is 0 Å². The zero-order valence-electron chi connectivity index (χ0n) is 14.1. The van der Waals surface area contributed by atoms with Crippen molar-refractivity contribution in [1.29, 1.82) is 0 Å². The maximum absolute atomic E-state index is 10.1. The lowest BCUT2D eigenvalue weighted by atomic mass is 10.00. The van der Waals surface area contributed by atoms with Crippen LogP contribution in [-0.2, 0) is 0 Å². The summed E-state index contributed by atoms with van der Waals surface area (Å²) < 4.78 is 0. The zero-order valence-corrected chi connectivity index (χ0v) is 14.1. The van der Waals surface area contributed by atoms with Gasteiger partial charge in [0, 0.05) is 5.56 Å². The molecule has 0 fully saturated rings. The zero-order chi connectivity index (χ0) is 16.2. The van der Waals surface area contributed by atoms with E-state index >= 15 is 0 Å². The molecule has 0 aliphatic heterocycles. The van der Waals surface area contributed by atoms with Gasteiger partial charge in [-0.2, -0.15) is 0 Å². The van der Waals surface area contributed by atoms with Gasteiger partial charge >= 0.3 is 0 Å². The molecule has 0 radical (unpaired) electrons. The average Bonchev–Trinajstić information content (AvgIpc) is 2.53. The standard InChI is InChI=1S/C19H31NO2/c1-3-4-5-6-7-8-9-10-11-15-18(20-22)17-14-12-13-16(2)19(17)21/h12-14,21-22H,3-11,15H2,1-2H3/b20-18-. The molecule has 1 aromatic carbocycles. The minimum absolute atomic E-state index is 0.228. The van der Waals surface area contributed by atoms with Crippen molar-refractivity contribution in [2.75, 3.05) is 0 Å². The summed E-state index contributed by atoms with van der Waals surface area (Å²) in [7, 11) is 0. The molecule has 22 heavy (non-hydrogen) atoms. The molecule has 0 saturated carbocycles. The van der Waals surface area contributed by atoms with Crippen LogP contribution in [0, 0.1) is 6.92 Å². The molecule has 0 saturated heterocycles. The minimum atomic E-state index is 0.228. The van der Waals surface area contributed by atoms with Gasteiger partial charge in [0.15, 0.2) is 0 Å². The topological polar surface area (TPSA) is 52.8 Å². The molecular weight excluding hydrogens is 274 g/mol. The first-order chi connectivity index (χ1) is 10.7. The molecule has 0 aromatic heterocycles. The molecule has 1 aromatic rings. The summed E-state index contributed by atoms with van der Waals surface area (Å²) in [6, 6.07) is 5.54. The summed E-state index contributed by atoms with van der Waals surface area (Å²) in [4.78, 5) is 0. The molecular formula is C19H31NO2. The molecule has 0 aliphatic carbocycles. The maximum Gasteiger partial charge on any atom is 0.127 e. The number of hydrogen-bond donors (Lipinski definition) is 2. The van der Waals surface area contributed by atoms with Gasteiger partial charge in [0.1, 0.15) is 5.75 Å². The van der Waals surface area contributed by atoms with Crippen molar-refractivity contribution in [1.82, 2.24) is 0 Å². The van der Waals surface area contributed by atoms with Crippen LogP contribution in [0.2, 0.25) is 0 Å². The number of hydrogen-bond acceptors (Lipinski definition) is 3. The molecule has 0 aliphatic rings. The van der Waals surface area contributed by atoms with Crippen molar-refractivity contribution in [2.24, 2.45) is 5.16 Å². The molecule has 0 heterocycles. The molecule has 124 valence electrons. The highest BCUT2D eigenvalue weighted by Gasteiger charge is 2.11. The summed E-state index contributed by atoms with van der Waals surface area (Å²) in [5.74, 6) is 0.228. The average molecular weight is 305 g/mol. The third-order valence-corrected chi connectivity index (χ3v) is 4.19. The molecule has 0 atom stereocenters. The van der Waals surface area contributed by atoms with Gasteiger partial charge in [0.25, 0.3) is 0 Å². The third-order valence-electron chi connectivity index (χ3n) is 4.19. The van der Waals surface area contributed by atoms with E-state index in [4.69, 9.17) is 0 Å². The van der Waals surface area contributed by atoms with Crippen molar-refractivity contribution in [3.63, 3.8) is 0 Å². The first-order valence-corrected chi connectivity index (χ1v) is 8.70. The molecule has 0 amide bonds.